The molecule has 1 aliphatic rings. The minimum absolute atomic E-state index is 0.892. The maximum atomic E-state index is 4.73. The maximum absolute atomic E-state index is 4.73. The quantitative estimate of drug-likeness (QED) is 0.459. The standard InChI is InChI=1S/C16H27N5/c1-2-17-16(21-13-7-8-14-21)20-12-6-5-11-19-15-9-3-4-10-18-15/h3-4,9-10H,2,5-8,11-14H2,1H3,(H,17,20)(H,18,19). The number of aromatic nitrogens is 1. The Bertz CT molecular complexity index is 412. The van der Waals surface area contributed by atoms with Crippen LogP contribution in [0.5, 0.6) is 0 Å². The average molecular weight is 289 g/mol. The van der Waals surface area contributed by atoms with Crippen LogP contribution in [0.3, 0.4) is 0 Å². The van der Waals surface area contributed by atoms with Crippen LogP contribution in [-0.2, 0) is 0 Å². The van der Waals surface area contributed by atoms with E-state index in [0.717, 1.165) is 57.3 Å². The minimum atomic E-state index is 0.892. The van der Waals surface area contributed by atoms with Gasteiger partial charge in [0.25, 0.3) is 0 Å². The molecule has 5 heteroatoms. The van der Waals surface area contributed by atoms with E-state index in [1.807, 2.05) is 24.4 Å². The number of pyridine rings is 1. The molecule has 2 rings (SSSR count). The van der Waals surface area contributed by atoms with E-state index < -0.39 is 0 Å². The highest BCUT2D eigenvalue weighted by atomic mass is 15.3. The molecule has 2 N–H and O–H groups in total. The molecule has 0 amide bonds. The van der Waals surface area contributed by atoms with E-state index >= 15 is 0 Å². The smallest absolute Gasteiger partial charge is 0.193 e. The highest BCUT2D eigenvalue weighted by Gasteiger charge is 2.14. The maximum Gasteiger partial charge on any atom is 0.193 e. The van der Waals surface area contributed by atoms with Crippen molar-refractivity contribution in [1.29, 1.82) is 0 Å². The van der Waals surface area contributed by atoms with Gasteiger partial charge < -0.3 is 15.5 Å². The Kier molecular flexibility index (Phi) is 6.84. The molecular formula is C16H27N5. The number of hydrogen-bond donors (Lipinski definition) is 2. The van der Waals surface area contributed by atoms with Crippen molar-refractivity contribution in [3.63, 3.8) is 0 Å². The number of nitrogens with zero attached hydrogens (tertiary/aromatic N) is 3. The normalized spacial score (nSPS) is 15.3. The Balaban J connectivity index is 1.63. The first-order chi connectivity index (χ1) is 10.4. The predicted octanol–water partition coefficient (Wildman–Crippen LogP) is 2.33. The van der Waals surface area contributed by atoms with Gasteiger partial charge in [0.15, 0.2) is 5.96 Å². The van der Waals surface area contributed by atoms with E-state index in [1.54, 1.807) is 0 Å². The molecule has 1 aliphatic heterocycles. The summed E-state index contributed by atoms with van der Waals surface area (Å²) in [4.78, 5) is 11.3. The number of unbranched alkanes of at least 4 members (excludes halogenated alkanes) is 1. The first-order valence-electron chi connectivity index (χ1n) is 8.08. The fraction of sp³-hybridized carbons (Fsp3) is 0.625. The summed E-state index contributed by atoms with van der Waals surface area (Å²) < 4.78 is 0. The zero-order valence-corrected chi connectivity index (χ0v) is 13.0. The summed E-state index contributed by atoms with van der Waals surface area (Å²) in [6.45, 7) is 7.20. The fourth-order valence-corrected chi connectivity index (χ4v) is 2.46. The van der Waals surface area contributed by atoms with Crippen molar-refractivity contribution in [3.8, 4) is 0 Å². The Morgan fingerprint density at radius 2 is 2.14 bits per heavy atom. The summed E-state index contributed by atoms with van der Waals surface area (Å²) in [7, 11) is 0. The predicted molar refractivity (Wildman–Crippen MR) is 88.7 cm³/mol. The molecule has 5 nitrogen and oxygen atoms in total. The van der Waals surface area contributed by atoms with Crippen LogP contribution in [0.1, 0.15) is 32.6 Å². The highest BCUT2D eigenvalue weighted by Crippen LogP contribution is 2.07. The molecule has 0 saturated carbocycles. The Morgan fingerprint density at radius 1 is 1.29 bits per heavy atom. The lowest BCUT2D eigenvalue weighted by Crippen LogP contribution is -2.39. The van der Waals surface area contributed by atoms with E-state index in [0.29, 0.717) is 0 Å². The van der Waals surface area contributed by atoms with Crippen LogP contribution >= 0.6 is 0 Å². The van der Waals surface area contributed by atoms with Crippen LogP contribution in [0, 0.1) is 0 Å². The fourth-order valence-electron chi connectivity index (χ4n) is 2.46. The van der Waals surface area contributed by atoms with Crippen LogP contribution in [0.2, 0.25) is 0 Å². The van der Waals surface area contributed by atoms with Gasteiger partial charge in [-0.15, -0.1) is 0 Å². The molecule has 0 spiro atoms. The van der Waals surface area contributed by atoms with Crippen molar-refractivity contribution in [1.82, 2.24) is 15.2 Å². The third-order valence-electron chi connectivity index (χ3n) is 3.56. The zero-order chi connectivity index (χ0) is 14.8. The van der Waals surface area contributed by atoms with Crippen LogP contribution < -0.4 is 10.6 Å². The largest absolute Gasteiger partial charge is 0.370 e. The molecule has 116 valence electrons. The van der Waals surface area contributed by atoms with Gasteiger partial charge in [-0.3, -0.25) is 4.99 Å². The summed E-state index contributed by atoms with van der Waals surface area (Å²) in [5, 5.41) is 6.72. The second kappa shape index (κ2) is 9.21. The topological polar surface area (TPSA) is 52.6 Å². The van der Waals surface area contributed by atoms with Crippen molar-refractivity contribution in [2.24, 2.45) is 4.99 Å². The van der Waals surface area contributed by atoms with Gasteiger partial charge in [0.2, 0.25) is 0 Å². The summed E-state index contributed by atoms with van der Waals surface area (Å²) in [5.74, 6) is 2.04. The van der Waals surface area contributed by atoms with Crippen molar-refractivity contribution in [2.45, 2.75) is 32.6 Å². The van der Waals surface area contributed by atoms with Gasteiger partial charge in [-0.05, 0) is 44.7 Å². The molecule has 1 aromatic heterocycles. The summed E-state index contributed by atoms with van der Waals surface area (Å²) in [6, 6.07) is 5.92. The number of likely N-dealkylation sites (tertiary alicyclic amines) is 1. The molecule has 0 bridgehead atoms. The zero-order valence-electron chi connectivity index (χ0n) is 13.0. The van der Waals surface area contributed by atoms with E-state index in [2.05, 4.69) is 27.4 Å². The summed E-state index contributed by atoms with van der Waals surface area (Å²) in [6.07, 6.45) is 6.60. The van der Waals surface area contributed by atoms with Gasteiger partial charge in [0, 0.05) is 38.9 Å². The van der Waals surface area contributed by atoms with Gasteiger partial charge in [-0.25, -0.2) is 4.98 Å². The molecule has 1 aromatic rings. The first kappa shape index (κ1) is 15.6. The van der Waals surface area contributed by atoms with Gasteiger partial charge in [-0.1, -0.05) is 6.07 Å². The Hall–Kier alpha value is -1.78. The van der Waals surface area contributed by atoms with Crippen molar-refractivity contribution >= 4 is 11.8 Å². The third kappa shape index (κ3) is 5.61. The summed E-state index contributed by atoms with van der Waals surface area (Å²) in [5.41, 5.74) is 0. The van der Waals surface area contributed by atoms with Gasteiger partial charge >= 0.3 is 0 Å². The van der Waals surface area contributed by atoms with Crippen LogP contribution in [0.25, 0.3) is 0 Å². The molecule has 0 atom stereocenters. The number of rotatable bonds is 7. The molecule has 21 heavy (non-hydrogen) atoms. The van der Waals surface area contributed by atoms with Crippen molar-refractivity contribution in [3.05, 3.63) is 24.4 Å². The number of hydrogen-bond acceptors (Lipinski definition) is 3. The number of nitrogens with one attached hydrogen (secondary N) is 2. The summed E-state index contributed by atoms with van der Waals surface area (Å²) >= 11 is 0. The minimum Gasteiger partial charge on any atom is -0.370 e. The van der Waals surface area contributed by atoms with E-state index in [4.69, 9.17) is 4.99 Å². The van der Waals surface area contributed by atoms with Gasteiger partial charge in [0.1, 0.15) is 5.82 Å². The number of aliphatic imine (C=N–C) groups is 1. The van der Waals surface area contributed by atoms with Gasteiger partial charge in [-0.2, -0.15) is 0 Å². The first-order valence-corrected chi connectivity index (χ1v) is 8.08. The average Bonchev–Trinajstić information content (AvgIpc) is 3.05. The molecule has 0 radical (unpaired) electrons. The molecule has 0 aliphatic carbocycles. The second-order valence-electron chi connectivity index (χ2n) is 5.28. The molecule has 1 saturated heterocycles. The second-order valence-corrected chi connectivity index (χ2v) is 5.28. The van der Waals surface area contributed by atoms with Crippen LogP contribution in [0.4, 0.5) is 5.82 Å². The SMILES string of the molecule is CCNC(=NCCCCNc1ccccn1)N1CCCC1. The lowest BCUT2D eigenvalue weighted by molar-refractivity contribution is 0.493. The van der Waals surface area contributed by atoms with Crippen LogP contribution in [-0.4, -0.2) is 48.6 Å². The third-order valence-corrected chi connectivity index (χ3v) is 3.56. The number of guanidine groups is 1. The van der Waals surface area contributed by atoms with Crippen LogP contribution in [0.15, 0.2) is 29.4 Å². The number of anilines is 1. The van der Waals surface area contributed by atoms with Crippen molar-refractivity contribution in [2.75, 3.05) is 38.0 Å². The molecule has 0 unspecified atom stereocenters. The molecule has 1 fully saturated rings. The van der Waals surface area contributed by atoms with E-state index in [1.165, 1.54) is 12.8 Å². The Labute approximate surface area is 127 Å². The molecular weight excluding hydrogens is 262 g/mol. The van der Waals surface area contributed by atoms with E-state index in [9.17, 15) is 0 Å². The monoisotopic (exact) mass is 289 g/mol. The van der Waals surface area contributed by atoms with Crippen molar-refractivity contribution < 1.29 is 0 Å². The molecule has 0 aromatic carbocycles. The highest BCUT2D eigenvalue weighted by molar-refractivity contribution is 5.80. The van der Waals surface area contributed by atoms with Gasteiger partial charge in [0.05, 0.1) is 0 Å². The lowest BCUT2D eigenvalue weighted by Gasteiger charge is -2.20. The lowest BCUT2D eigenvalue weighted by atomic mass is 10.3. The van der Waals surface area contributed by atoms with E-state index in [-0.39, 0.29) is 0 Å². The Morgan fingerprint density at radius 3 is 2.86 bits per heavy atom. The molecule has 2 heterocycles.